The number of benzene rings is 1. The second kappa shape index (κ2) is 7.81. The molecule has 0 saturated heterocycles. The van der Waals surface area contributed by atoms with Crippen molar-refractivity contribution in [3.05, 3.63) is 54.2 Å². The highest BCUT2D eigenvalue weighted by atomic mass is 32.2. The first-order chi connectivity index (χ1) is 10.2. The molecule has 0 aliphatic heterocycles. The minimum atomic E-state index is -0.133. The van der Waals surface area contributed by atoms with Crippen LogP contribution >= 0.6 is 11.8 Å². The Hall–Kier alpha value is -1.85. The van der Waals surface area contributed by atoms with Crippen LogP contribution in [0.5, 0.6) is 0 Å². The van der Waals surface area contributed by atoms with Gasteiger partial charge in [-0.15, -0.1) is 0 Å². The number of carbonyl (C=O) groups is 1. The van der Waals surface area contributed by atoms with Crippen molar-refractivity contribution in [2.75, 3.05) is 13.7 Å². The van der Waals surface area contributed by atoms with Crippen LogP contribution in [0.1, 0.15) is 17.3 Å². The van der Waals surface area contributed by atoms with Crippen LogP contribution in [0.3, 0.4) is 0 Å². The van der Waals surface area contributed by atoms with Crippen LogP contribution in [-0.4, -0.2) is 30.6 Å². The lowest BCUT2D eigenvalue weighted by Gasteiger charge is -2.14. The molecule has 1 atom stereocenters. The van der Waals surface area contributed by atoms with Gasteiger partial charge in [0.1, 0.15) is 5.03 Å². The van der Waals surface area contributed by atoms with Crippen molar-refractivity contribution in [1.29, 1.82) is 0 Å². The number of amides is 1. The van der Waals surface area contributed by atoms with E-state index in [2.05, 4.69) is 10.3 Å². The van der Waals surface area contributed by atoms with Crippen molar-refractivity contribution < 1.29 is 9.53 Å². The number of nitrogens with one attached hydrogen (secondary N) is 1. The highest BCUT2D eigenvalue weighted by Crippen LogP contribution is 2.28. The van der Waals surface area contributed by atoms with E-state index in [1.807, 2.05) is 37.3 Å². The molecule has 0 saturated carbocycles. The summed E-state index contributed by atoms with van der Waals surface area (Å²) in [4.78, 5) is 17.7. The first-order valence-corrected chi connectivity index (χ1v) is 7.50. The summed E-state index contributed by atoms with van der Waals surface area (Å²) in [5.41, 5.74) is 0.578. The van der Waals surface area contributed by atoms with Gasteiger partial charge in [-0.2, -0.15) is 0 Å². The predicted molar refractivity (Wildman–Crippen MR) is 83.6 cm³/mol. The maximum Gasteiger partial charge on any atom is 0.254 e. The minimum Gasteiger partial charge on any atom is -0.383 e. The number of aromatic nitrogens is 1. The van der Waals surface area contributed by atoms with Crippen LogP contribution in [0.15, 0.2) is 58.6 Å². The number of hydrogen-bond donors (Lipinski definition) is 1. The number of rotatable bonds is 6. The summed E-state index contributed by atoms with van der Waals surface area (Å²) < 4.78 is 5.03. The van der Waals surface area contributed by atoms with Crippen LogP contribution in [-0.2, 0) is 4.74 Å². The Kier molecular flexibility index (Phi) is 5.78. The highest BCUT2D eigenvalue weighted by Gasteiger charge is 2.15. The zero-order valence-electron chi connectivity index (χ0n) is 12.1. The summed E-state index contributed by atoms with van der Waals surface area (Å²) in [6.07, 6.45) is 1.70. The van der Waals surface area contributed by atoms with E-state index in [1.54, 1.807) is 25.4 Å². The Morgan fingerprint density at radius 3 is 2.76 bits per heavy atom. The molecule has 21 heavy (non-hydrogen) atoms. The fourth-order valence-corrected chi connectivity index (χ4v) is 2.74. The van der Waals surface area contributed by atoms with Crippen LogP contribution in [0.2, 0.25) is 0 Å². The number of methoxy groups -OCH3 is 1. The first-order valence-electron chi connectivity index (χ1n) is 6.68. The Morgan fingerprint density at radius 2 is 2.05 bits per heavy atom. The largest absolute Gasteiger partial charge is 0.383 e. The zero-order valence-corrected chi connectivity index (χ0v) is 12.9. The monoisotopic (exact) mass is 302 g/mol. The molecule has 110 valence electrons. The Labute approximate surface area is 128 Å². The average molecular weight is 302 g/mol. The van der Waals surface area contributed by atoms with Gasteiger partial charge in [0.2, 0.25) is 0 Å². The molecule has 1 aromatic heterocycles. The Balaban J connectivity index is 2.15. The molecular weight excluding hydrogens is 284 g/mol. The summed E-state index contributed by atoms with van der Waals surface area (Å²) in [5.74, 6) is -0.133. The van der Waals surface area contributed by atoms with Gasteiger partial charge in [0.25, 0.3) is 5.91 Å². The molecule has 1 unspecified atom stereocenters. The number of pyridine rings is 1. The second-order valence-corrected chi connectivity index (χ2v) is 5.66. The molecule has 0 spiro atoms. The van der Waals surface area contributed by atoms with E-state index in [0.29, 0.717) is 17.2 Å². The molecule has 0 aliphatic carbocycles. The fraction of sp³-hybridized carbons (Fsp3) is 0.250. The van der Waals surface area contributed by atoms with Crippen molar-refractivity contribution in [2.45, 2.75) is 22.9 Å². The molecule has 2 aromatic rings. The van der Waals surface area contributed by atoms with Crippen LogP contribution in [0, 0.1) is 0 Å². The zero-order chi connectivity index (χ0) is 15.1. The molecule has 1 aromatic carbocycles. The minimum absolute atomic E-state index is 0.0442. The van der Waals surface area contributed by atoms with Gasteiger partial charge in [-0.1, -0.05) is 30.0 Å². The van der Waals surface area contributed by atoms with E-state index in [0.717, 1.165) is 4.90 Å². The van der Waals surface area contributed by atoms with Gasteiger partial charge in [-0.3, -0.25) is 4.79 Å². The number of ether oxygens (including phenoxy) is 1. The molecule has 1 N–H and O–H groups in total. The second-order valence-electron chi connectivity index (χ2n) is 4.60. The third-order valence-corrected chi connectivity index (χ3v) is 3.79. The fourth-order valence-electron chi connectivity index (χ4n) is 1.84. The molecule has 2 rings (SSSR count). The van der Waals surface area contributed by atoms with Crippen molar-refractivity contribution in [3.63, 3.8) is 0 Å². The van der Waals surface area contributed by atoms with Crippen LogP contribution in [0.25, 0.3) is 0 Å². The van der Waals surface area contributed by atoms with Crippen molar-refractivity contribution in [1.82, 2.24) is 10.3 Å². The lowest BCUT2D eigenvalue weighted by molar-refractivity contribution is 0.0902. The lowest BCUT2D eigenvalue weighted by atomic mass is 10.2. The van der Waals surface area contributed by atoms with Gasteiger partial charge in [-0.25, -0.2) is 4.98 Å². The first kappa shape index (κ1) is 15.5. The SMILES string of the molecule is COCC(C)NC(=O)c1cccnc1Sc1ccccc1. The van der Waals surface area contributed by atoms with Gasteiger partial charge in [0, 0.05) is 24.2 Å². The van der Waals surface area contributed by atoms with Crippen molar-refractivity contribution >= 4 is 17.7 Å². The topological polar surface area (TPSA) is 51.2 Å². The van der Waals surface area contributed by atoms with Crippen LogP contribution < -0.4 is 5.32 Å². The molecule has 0 fully saturated rings. The van der Waals surface area contributed by atoms with E-state index in [9.17, 15) is 4.79 Å². The molecular formula is C16H18N2O2S. The third-order valence-electron chi connectivity index (χ3n) is 2.77. The number of nitrogens with zero attached hydrogens (tertiary/aromatic N) is 1. The van der Waals surface area contributed by atoms with Gasteiger partial charge in [0.05, 0.1) is 12.2 Å². The van der Waals surface area contributed by atoms with Gasteiger partial charge < -0.3 is 10.1 Å². The smallest absolute Gasteiger partial charge is 0.254 e. The lowest BCUT2D eigenvalue weighted by Crippen LogP contribution is -2.35. The molecule has 1 amide bonds. The maximum absolute atomic E-state index is 12.3. The van der Waals surface area contributed by atoms with E-state index in [1.165, 1.54) is 11.8 Å². The van der Waals surface area contributed by atoms with E-state index < -0.39 is 0 Å². The number of carbonyl (C=O) groups excluding carboxylic acids is 1. The quantitative estimate of drug-likeness (QED) is 0.891. The highest BCUT2D eigenvalue weighted by molar-refractivity contribution is 7.99. The summed E-state index contributed by atoms with van der Waals surface area (Å²) in [6.45, 7) is 2.38. The molecule has 4 nitrogen and oxygen atoms in total. The van der Waals surface area contributed by atoms with Crippen LogP contribution in [0.4, 0.5) is 0 Å². The summed E-state index contributed by atoms with van der Waals surface area (Å²) in [6, 6.07) is 13.4. The normalized spacial score (nSPS) is 11.9. The van der Waals surface area contributed by atoms with Crippen molar-refractivity contribution in [3.8, 4) is 0 Å². The summed E-state index contributed by atoms with van der Waals surface area (Å²) in [5, 5.41) is 3.61. The molecule has 1 heterocycles. The van der Waals surface area contributed by atoms with E-state index >= 15 is 0 Å². The summed E-state index contributed by atoms with van der Waals surface area (Å²) in [7, 11) is 1.61. The van der Waals surface area contributed by atoms with Gasteiger partial charge in [-0.05, 0) is 31.2 Å². The third kappa shape index (κ3) is 4.58. The Bertz CT molecular complexity index is 590. The molecule has 5 heteroatoms. The van der Waals surface area contributed by atoms with Crippen molar-refractivity contribution in [2.24, 2.45) is 0 Å². The molecule has 0 aliphatic rings. The van der Waals surface area contributed by atoms with Gasteiger partial charge in [0.15, 0.2) is 0 Å². The average Bonchev–Trinajstić information content (AvgIpc) is 2.49. The van der Waals surface area contributed by atoms with E-state index in [4.69, 9.17) is 4.74 Å². The van der Waals surface area contributed by atoms with E-state index in [-0.39, 0.29) is 11.9 Å². The Morgan fingerprint density at radius 1 is 1.29 bits per heavy atom. The standard InChI is InChI=1S/C16H18N2O2S/c1-12(11-20-2)18-15(19)14-9-6-10-17-16(14)21-13-7-4-3-5-8-13/h3-10,12H,11H2,1-2H3,(H,18,19). The predicted octanol–water partition coefficient (Wildman–Crippen LogP) is 3.00. The molecule has 0 bridgehead atoms. The maximum atomic E-state index is 12.3. The molecule has 0 radical (unpaired) electrons. The summed E-state index contributed by atoms with van der Waals surface area (Å²) >= 11 is 1.48. The number of hydrogen-bond acceptors (Lipinski definition) is 4. The van der Waals surface area contributed by atoms with Gasteiger partial charge >= 0.3 is 0 Å².